The van der Waals surface area contributed by atoms with E-state index >= 15 is 0 Å². The number of hydrogen-bond acceptors (Lipinski definition) is 8. The van der Waals surface area contributed by atoms with Gasteiger partial charge in [0.25, 0.3) is 0 Å². The number of nitrogens with two attached hydrogens (primary N) is 3. The summed E-state index contributed by atoms with van der Waals surface area (Å²) >= 11 is 3.08. The van der Waals surface area contributed by atoms with E-state index in [1.54, 1.807) is 11.8 Å². The van der Waals surface area contributed by atoms with Crippen LogP contribution < -0.4 is 33.2 Å². The van der Waals surface area contributed by atoms with Crippen molar-refractivity contribution in [3.8, 4) is 0 Å². The number of thioether (sulfide) groups is 2. The molecule has 14 heteroatoms. The summed E-state index contributed by atoms with van der Waals surface area (Å²) in [5, 5.41) is 17.4. The highest BCUT2D eigenvalue weighted by atomic mass is 32.2. The van der Waals surface area contributed by atoms with Gasteiger partial charge >= 0.3 is 5.97 Å². The number of aliphatic imine (C=N–C) groups is 1. The number of nitrogens with zero attached hydrogens (tertiary/aromatic N) is 1. The van der Waals surface area contributed by atoms with Gasteiger partial charge in [0.15, 0.2) is 5.96 Å². The molecule has 0 heterocycles. The molecule has 208 valence electrons. The predicted molar refractivity (Wildman–Crippen MR) is 147 cm³/mol. The SMILES string of the molecule is CSCCC(N)C(=O)NC(CCSC)C(=O)NC(CCCN=C(N)N)C(=O)NC(CC(C)C)C(=O)O. The molecule has 0 saturated heterocycles. The average Bonchev–Trinajstić information content (AvgIpc) is 2.80. The monoisotopic (exact) mass is 549 g/mol. The minimum Gasteiger partial charge on any atom is -0.480 e. The van der Waals surface area contributed by atoms with Gasteiger partial charge in [0, 0.05) is 6.54 Å². The first-order valence-corrected chi connectivity index (χ1v) is 14.6. The number of hydrogen-bond donors (Lipinski definition) is 7. The molecule has 0 spiro atoms. The second-order valence-corrected chi connectivity index (χ2v) is 10.7. The number of amides is 3. The van der Waals surface area contributed by atoms with Crippen LogP contribution >= 0.6 is 23.5 Å². The number of nitrogens with one attached hydrogen (secondary N) is 3. The van der Waals surface area contributed by atoms with Crippen LogP contribution in [-0.4, -0.2) is 89.5 Å². The van der Waals surface area contributed by atoms with Crippen molar-refractivity contribution in [2.75, 3.05) is 30.6 Å². The Morgan fingerprint density at radius 1 is 0.833 bits per heavy atom. The van der Waals surface area contributed by atoms with Crippen molar-refractivity contribution in [3.63, 3.8) is 0 Å². The number of carbonyl (C=O) groups excluding carboxylic acids is 3. The molecule has 0 fully saturated rings. The van der Waals surface area contributed by atoms with Gasteiger partial charge in [-0.2, -0.15) is 23.5 Å². The molecule has 0 bridgehead atoms. The Bertz CT molecular complexity index is 736. The fourth-order valence-electron chi connectivity index (χ4n) is 3.17. The number of carbonyl (C=O) groups is 4. The molecule has 0 aromatic heterocycles. The summed E-state index contributed by atoms with van der Waals surface area (Å²) in [5.74, 6) is -1.55. The molecule has 0 aliphatic heterocycles. The van der Waals surface area contributed by atoms with Gasteiger partial charge in [0.2, 0.25) is 17.7 Å². The van der Waals surface area contributed by atoms with Gasteiger partial charge < -0.3 is 38.3 Å². The van der Waals surface area contributed by atoms with E-state index in [0.29, 0.717) is 30.8 Å². The van der Waals surface area contributed by atoms with Crippen LogP contribution in [0.2, 0.25) is 0 Å². The number of rotatable bonds is 19. The normalized spacial score (nSPS) is 14.3. The number of carboxylic acids is 1. The maximum atomic E-state index is 13.1. The van der Waals surface area contributed by atoms with E-state index in [1.165, 1.54) is 11.8 Å². The lowest BCUT2D eigenvalue weighted by Gasteiger charge is -2.25. The second kappa shape index (κ2) is 19.0. The Kier molecular flexibility index (Phi) is 17.8. The van der Waals surface area contributed by atoms with E-state index in [0.717, 1.165) is 0 Å². The molecular weight excluding hydrogens is 506 g/mol. The van der Waals surface area contributed by atoms with Crippen LogP contribution in [0.1, 0.15) is 46.0 Å². The molecule has 0 aromatic rings. The van der Waals surface area contributed by atoms with Gasteiger partial charge in [-0.25, -0.2) is 4.79 Å². The summed E-state index contributed by atoms with van der Waals surface area (Å²) in [5.41, 5.74) is 16.6. The molecule has 12 nitrogen and oxygen atoms in total. The van der Waals surface area contributed by atoms with Crippen molar-refractivity contribution < 1.29 is 24.3 Å². The van der Waals surface area contributed by atoms with Crippen LogP contribution in [0.4, 0.5) is 0 Å². The number of guanidine groups is 1. The summed E-state index contributed by atoms with van der Waals surface area (Å²) < 4.78 is 0. The molecule has 36 heavy (non-hydrogen) atoms. The minimum atomic E-state index is -1.16. The van der Waals surface area contributed by atoms with Crippen molar-refractivity contribution in [1.29, 1.82) is 0 Å². The van der Waals surface area contributed by atoms with Gasteiger partial charge in [0.05, 0.1) is 6.04 Å². The summed E-state index contributed by atoms with van der Waals surface area (Å²) in [6.07, 6.45) is 5.34. The highest BCUT2D eigenvalue weighted by Crippen LogP contribution is 2.09. The first-order chi connectivity index (χ1) is 16.9. The second-order valence-electron chi connectivity index (χ2n) is 8.77. The predicted octanol–water partition coefficient (Wildman–Crippen LogP) is -0.541. The zero-order valence-electron chi connectivity index (χ0n) is 21.6. The fourth-order valence-corrected chi connectivity index (χ4v) is 4.13. The molecule has 0 radical (unpaired) electrons. The maximum Gasteiger partial charge on any atom is 0.326 e. The zero-order valence-corrected chi connectivity index (χ0v) is 23.3. The number of aliphatic carboxylic acids is 1. The fraction of sp³-hybridized carbons (Fsp3) is 0.773. The Labute approximate surface area is 222 Å². The largest absolute Gasteiger partial charge is 0.480 e. The van der Waals surface area contributed by atoms with Crippen LogP contribution in [-0.2, 0) is 19.2 Å². The third-order valence-corrected chi connectivity index (χ3v) is 6.40. The molecule has 10 N–H and O–H groups in total. The summed E-state index contributed by atoms with van der Waals surface area (Å²) in [4.78, 5) is 54.2. The van der Waals surface area contributed by atoms with Crippen molar-refractivity contribution in [2.24, 2.45) is 28.1 Å². The zero-order chi connectivity index (χ0) is 27.7. The molecule has 0 saturated carbocycles. The molecule has 0 aromatic carbocycles. The Morgan fingerprint density at radius 3 is 1.83 bits per heavy atom. The van der Waals surface area contributed by atoms with Gasteiger partial charge in [-0.1, -0.05) is 13.8 Å². The first-order valence-electron chi connectivity index (χ1n) is 11.9. The number of carboxylic acid groups (broad SMARTS) is 1. The Morgan fingerprint density at radius 2 is 1.33 bits per heavy atom. The van der Waals surface area contributed by atoms with Crippen molar-refractivity contribution in [2.45, 2.75) is 70.1 Å². The first kappa shape index (κ1) is 33.8. The van der Waals surface area contributed by atoms with Crippen molar-refractivity contribution in [1.82, 2.24) is 16.0 Å². The molecule has 0 rings (SSSR count). The molecule has 0 aliphatic carbocycles. The molecule has 4 atom stereocenters. The van der Waals surface area contributed by atoms with E-state index in [9.17, 15) is 24.3 Å². The molecule has 4 unspecified atom stereocenters. The molecular formula is C22H43N7O5S2. The van der Waals surface area contributed by atoms with E-state index in [1.807, 2.05) is 26.4 Å². The summed E-state index contributed by atoms with van der Waals surface area (Å²) in [6.45, 7) is 3.92. The molecule has 3 amide bonds. The van der Waals surface area contributed by atoms with E-state index in [2.05, 4.69) is 20.9 Å². The van der Waals surface area contributed by atoms with Crippen molar-refractivity contribution in [3.05, 3.63) is 0 Å². The summed E-state index contributed by atoms with van der Waals surface area (Å²) in [7, 11) is 0. The lowest BCUT2D eigenvalue weighted by Crippen LogP contribution is -2.57. The average molecular weight is 550 g/mol. The van der Waals surface area contributed by atoms with Gasteiger partial charge in [-0.15, -0.1) is 0 Å². The topological polar surface area (TPSA) is 215 Å². The van der Waals surface area contributed by atoms with Crippen LogP contribution in [0.5, 0.6) is 0 Å². The Balaban J connectivity index is 5.56. The van der Waals surface area contributed by atoms with E-state index in [4.69, 9.17) is 17.2 Å². The summed E-state index contributed by atoms with van der Waals surface area (Å²) in [6, 6.07) is -3.80. The van der Waals surface area contributed by atoms with E-state index < -0.39 is 47.9 Å². The van der Waals surface area contributed by atoms with Crippen LogP contribution in [0.15, 0.2) is 4.99 Å². The van der Waals surface area contributed by atoms with Crippen LogP contribution in [0.25, 0.3) is 0 Å². The Hall–Kier alpha value is -2.19. The minimum absolute atomic E-state index is 0.0303. The van der Waals surface area contributed by atoms with Gasteiger partial charge in [0.1, 0.15) is 18.1 Å². The van der Waals surface area contributed by atoms with Crippen molar-refractivity contribution >= 4 is 53.2 Å². The smallest absolute Gasteiger partial charge is 0.326 e. The highest BCUT2D eigenvalue weighted by molar-refractivity contribution is 7.98. The maximum absolute atomic E-state index is 13.1. The lowest BCUT2D eigenvalue weighted by molar-refractivity contribution is -0.142. The quantitative estimate of drug-likeness (QED) is 0.0620. The highest BCUT2D eigenvalue weighted by Gasteiger charge is 2.30. The van der Waals surface area contributed by atoms with Gasteiger partial charge in [-0.3, -0.25) is 19.4 Å². The standard InChI is InChI=1S/C22H43N7O5S2/c1-13(2)12-17(21(33)34)29-19(31)15(6-5-9-26-22(24)25)28-20(32)16(8-11-36-4)27-18(30)14(23)7-10-35-3/h13-17H,5-12,23H2,1-4H3,(H,27,30)(H,28,32)(H,29,31)(H,33,34)(H4,24,25,26). The van der Waals surface area contributed by atoms with Crippen LogP contribution in [0.3, 0.4) is 0 Å². The lowest BCUT2D eigenvalue weighted by atomic mass is 10.0. The third-order valence-electron chi connectivity index (χ3n) is 5.11. The molecule has 0 aliphatic rings. The van der Waals surface area contributed by atoms with Crippen LogP contribution in [0, 0.1) is 5.92 Å². The van der Waals surface area contributed by atoms with Gasteiger partial charge in [-0.05, 0) is 62.0 Å². The third kappa shape index (κ3) is 15.0. The van der Waals surface area contributed by atoms with E-state index in [-0.39, 0.29) is 31.3 Å².